The Labute approximate surface area is 155 Å². The summed E-state index contributed by atoms with van der Waals surface area (Å²) in [7, 11) is -3.42. The van der Waals surface area contributed by atoms with Gasteiger partial charge in [-0.25, -0.2) is 8.42 Å². The van der Waals surface area contributed by atoms with Gasteiger partial charge < -0.3 is 4.98 Å². The van der Waals surface area contributed by atoms with Crippen LogP contribution < -0.4 is 0 Å². The van der Waals surface area contributed by atoms with E-state index in [1.54, 1.807) is 34.8 Å². The number of benzene rings is 1. The summed E-state index contributed by atoms with van der Waals surface area (Å²) >= 11 is 3.34. The molecular formula is C18H18BrN3O2S. The summed E-state index contributed by atoms with van der Waals surface area (Å²) in [6.07, 6.45) is 5.42. The van der Waals surface area contributed by atoms with Crippen LogP contribution in [0.15, 0.2) is 58.2 Å². The Bertz CT molecular complexity index is 991. The third-order valence-electron chi connectivity index (χ3n) is 4.81. The molecule has 0 saturated carbocycles. The van der Waals surface area contributed by atoms with Crippen LogP contribution in [0.5, 0.6) is 0 Å². The van der Waals surface area contributed by atoms with E-state index in [2.05, 4.69) is 25.9 Å². The molecule has 4 rings (SSSR count). The second kappa shape index (κ2) is 6.55. The number of halogens is 1. The Morgan fingerprint density at radius 3 is 2.56 bits per heavy atom. The Morgan fingerprint density at radius 1 is 1.12 bits per heavy atom. The standard InChI is InChI=1S/C18H18BrN3O2S/c19-14-3-5-15(6-4-14)25(23,24)22-10-7-13(8-11-22)16-12-21-17-2-1-9-20-18(16)17/h1-6,9,12-13,21H,7-8,10-11H2. The summed E-state index contributed by atoms with van der Waals surface area (Å²) in [5.41, 5.74) is 3.22. The lowest BCUT2D eigenvalue weighted by Crippen LogP contribution is -2.37. The van der Waals surface area contributed by atoms with Gasteiger partial charge in [0, 0.05) is 30.0 Å². The Hall–Kier alpha value is -1.70. The average Bonchev–Trinajstić information content (AvgIpc) is 3.06. The average molecular weight is 420 g/mol. The molecule has 1 aliphatic heterocycles. The van der Waals surface area contributed by atoms with Crippen molar-refractivity contribution in [3.05, 3.63) is 58.8 Å². The van der Waals surface area contributed by atoms with Gasteiger partial charge in [0.05, 0.1) is 15.9 Å². The summed E-state index contributed by atoms with van der Waals surface area (Å²) in [6, 6.07) is 10.7. The summed E-state index contributed by atoms with van der Waals surface area (Å²) in [4.78, 5) is 8.08. The molecule has 1 fully saturated rings. The molecule has 1 saturated heterocycles. The van der Waals surface area contributed by atoms with Gasteiger partial charge in [-0.05, 0) is 60.7 Å². The van der Waals surface area contributed by atoms with Crippen molar-refractivity contribution >= 4 is 37.0 Å². The fraction of sp³-hybridized carbons (Fsp3) is 0.278. The lowest BCUT2D eigenvalue weighted by molar-refractivity contribution is 0.320. The molecule has 0 radical (unpaired) electrons. The second-order valence-corrected chi connectivity index (χ2v) is 9.13. The summed E-state index contributed by atoms with van der Waals surface area (Å²) in [5, 5.41) is 0. The van der Waals surface area contributed by atoms with Crippen LogP contribution in [0.2, 0.25) is 0 Å². The number of fused-ring (bicyclic) bond motifs is 1. The summed E-state index contributed by atoms with van der Waals surface area (Å²) in [6.45, 7) is 1.06. The molecule has 1 N–H and O–H groups in total. The number of aromatic nitrogens is 2. The van der Waals surface area contributed by atoms with Crippen LogP contribution in [-0.4, -0.2) is 35.8 Å². The number of hydrogen-bond donors (Lipinski definition) is 1. The quantitative estimate of drug-likeness (QED) is 0.699. The van der Waals surface area contributed by atoms with E-state index >= 15 is 0 Å². The molecular weight excluding hydrogens is 402 g/mol. The number of H-pyrrole nitrogens is 1. The summed E-state index contributed by atoms with van der Waals surface area (Å²) in [5.74, 6) is 0.333. The topological polar surface area (TPSA) is 66.1 Å². The Kier molecular flexibility index (Phi) is 4.39. The van der Waals surface area contributed by atoms with Gasteiger partial charge in [-0.3, -0.25) is 4.98 Å². The smallest absolute Gasteiger partial charge is 0.243 e. The number of aromatic amines is 1. The molecule has 25 heavy (non-hydrogen) atoms. The van der Waals surface area contributed by atoms with E-state index in [1.807, 2.05) is 18.3 Å². The van der Waals surface area contributed by atoms with E-state index < -0.39 is 10.0 Å². The minimum absolute atomic E-state index is 0.333. The van der Waals surface area contributed by atoms with Gasteiger partial charge in [0.15, 0.2) is 0 Å². The SMILES string of the molecule is O=S(=O)(c1ccc(Br)cc1)N1CCC(c2c[nH]c3cccnc23)CC1. The molecule has 0 bridgehead atoms. The van der Waals surface area contributed by atoms with Gasteiger partial charge in [-0.2, -0.15) is 4.31 Å². The first-order chi connectivity index (χ1) is 12.1. The predicted molar refractivity (Wildman–Crippen MR) is 101 cm³/mol. The number of sulfonamides is 1. The lowest BCUT2D eigenvalue weighted by atomic mass is 9.91. The van der Waals surface area contributed by atoms with E-state index in [-0.39, 0.29) is 0 Å². The van der Waals surface area contributed by atoms with Crippen LogP contribution in [0.4, 0.5) is 0 Å². The minimum atomic E-state index is -3.42. The maximum absolute atomic E-state index is 12.8. The fourth-order valence-corrected chi connectivity index (χ4v) is 5.18. The molecule has 3 aromatic rings. The highest BCUT2D eigenvalue weighted by Gasteiger charge is 2.30. The second-order valence-electron chi connectivity index (χ2n) is 6.28. The molecule has 1 aliphatic rings. The van der Waals surface area contributed by atoms with Gasteiger partial charge in [0.25, 0.3) is 0 Å². The van der Waals surface area contributed by atoms with Gasteiger partial charge in [-0.15, -0.1) is 0 Å². The monoisotopic (exact) mass is 419 g/mol. The van der Waals surface area contributed by atoms with Gasteiger partial charge in [0.1, 0.15) is 0 Å². The highest BCUT2D eigenvalue weighted by Crippen LogP contribution is 2.34. The van der Waals surface area contributed by atoms with Crippen LogP contribution in [0.25, 0.3) is 11.0 Å². The van der Waals surface area contributed by atoms with Crippen LogP contribution in [0.3, 0.4) is 0 Å². The van der Waals surface area contributed by atoms with Crippen LogP contribution in [0, 0.1) is 0 Å². The lowest BCUT2D eigenvalue weighted by Gasteiger charge is -2.31. The van der Waals surface area contributed by atoms with Crippen molar-refractivity contribution in [2.75, 3.05) is 13.1 Å². The third-order valence-corrected chi connectivity index (χ3v) is 7.25. The van der Waals surface area contributed by atoms with Crippen molar-refractivity contribution < 1.29 is 8.42 Å². The van der Waals surface area contributed by atoms with E-state index in [1.165, 1.54) is 5.56 Å². The Balaban J connectivity index is 1.52. The molecule has 0 amide bonds. The largest absolute Gasteiger partial charge is 0.360 e. The third kappa shape index (κ3) is 3.12. The van der Waals surface area contributed by atoms with Gasteiger partial charge in [0.2, 0.25) is 10.0 Å². The molecule has 2 aromatic heterocycles. The first kappa shape index (κ1) is 16.8. The summed E-state index contributed by atoms with van der Waals surface area (Å²) < 4.78 is 28.1. The molecule has 5 nitrogen and oxygen atoms in total. The molecule has 1 aromatic carbocycles. The maximum atomic E-state index is 12.8. The molecule has 0 spiro atoms. The van der Waals surface area contributed by atoms with Crippen molar-refractivity contribution in [1.29, 1.82) is 0 Å². The molecule has 130 valence electrons. The van der Waals surface area contributed by atoms with E-state index in [9.17, 15) is 8.42 Å². The predicted octanol–water partition coefficient (Wildman–Crippen LogP) is 3.89. The minimum Gasteiger partial charge on any atom is -0.360 e. The first-order valence-electron chi connectivity index (χ1n) is 8.23. The number of hydrogen-bond acceptors (Lipinski definition) is 3. The molecule has 0 unspecified atom stereocenters. The Morgan fingerprint density at radius 2 is 1.84 bits per heavy atom. The number of pyridine rings is 1. The van der Waals surface area contributed by atoms with Crippen molar-refractivity contribution in [1.82, 2.24) is 14.3 Å². The zero-order chi connectivity index (χ0) is 17.4. The van der Waals surface area contributed by atoms with E-state index in [4.69, 9.17) is 0 Å². The molecule has 0 atom stereocenters. The fourth-order valence-electron chi connectivity index (χ4n) is 3.45. The van der Waals surface area contributed by atoms with Gasteiger partial charge in [-0.1, -0.05) is 15.9 Å². The molecule has 3 heterocycles. The number of piperidine rings is 1. The van der Waals surface area contributed by atoms with E-state index in [0.717, 1.165) is 28.3 Å². The van der Waals surface area contributed by atoms with Crippen molar-refractivity contribution in [2.24, 2.45) is 0 Å². The molecule has 7 heteroatoms. The number of nitrogens with zero attached hydrogens (tertiary/aromatic N) is 2. The van der Waals surface area contributed by atoms with Crippen molar-refractivity contribution in [3.8, 4) is 0 Å². The first-order valence-corrected chi connectivity index (χ1v) is 10.5. The van der Waals surface area contributed by atoms with Gasteiger partial charge >= 0.3 is 0 Å². The zero-order valence-electron chi connectivity index (χ0n) is 13.5. The van der Waals surface area contributed by atoms with Crippen LogP contribution >= 0.6 is 15.9 Å². The highest BCUT2D eigenvalue weighted by molar-refractivity contribution is 9.10. The highest BCUT2D eigenvalue weighted by atomic mass is 79.9. The zero-order valence-corrected chi connectivity index (χ0v) is 15.9. The van der Waals surface area contributed by atoms with Crippen LogP contribution in [-0.2, 0) is 10.0 Å². The van der Waals surface area contributed by atoms with Crippen LogP contribution in [0.1, 0.15) is 24.3 Å². The number of nitrogens with one attached hydrogen (secondary N) is 1. The molecule has 0 aliphatic carbocycles. The van der Waals surface area contributed by atoms with Crippen molar-refractivity contribution in [3.63, 3.8) is 0 Å². The number of rotatable bonds is 3. The van der Waals surface area contributed by atoms with Crippen molar-refractivity contribution in [2.45, 2.75) is 23.7 Å². The normalized spacial score (nSPS) is 17.2. The van der Waals surface area contributed by atoms with E-state index in [0.29, 0.717) is 23.9 Å². The maximum Gasteiger partial charge on any atom is 0.243 e.